The molecule has 120 valence electrons. The Balaban J connectivity index is 2.40. The van der Waals surface area contributed by atoms with Crippen LogP contribution in [0.1, 0.15) is 73.1 Å². The van der Waals surface area contributed by atoms with Crippen molar-refractivity contribution in [2.24, 2.45) is 5.41 Å². The van der Waals surface area contributed by atoms with Crippen molar-refractivity contribution in [2.75, 3.05) is 0 Å². The van der Waals surface area contributed by atoms with Crippen molar-refractivity contribution in [3.05, 3.63) is 0 Å². The molecule has 0 aromatic carbocycles. The van der Waals surface area contributed by atoms with E-state index >= 15 is 0 Å². The molecule has 1 saturated heterocycles. The zero-order valence-corrected chi connectivity index (χ0v) is 14.2. The molecule has 21 heavy (non-hydrogen) atoms. The van der Waals surface area contributed by atoms with Gasteiger partial charge in [0, 0.05) is 6.04 Å². The minimum atomic E-state index is -0.624. The molecule has 1 aliphatic heterocycles. The molecule has 4 nitrogen and oxygen atoms in total. The van der Waals surface area contributed by atoms with Gasteiger partial charge in [-0.2, -0.15) is 0 Å². The van der Waals surface area contributed by atoms with Gasteiger partial charge in [0.2, 0.25) is 11.8 Å². The molecule has 2 aliphatic rings. The maximum Gasteiger partial charge on any atom is 0.249 e. The smallest absolute Gasteiger partial charge is 0.249 e. The highest BCUT2D eigenvalue weighted by molar-refractivity contribution is 6.00. The van der Waals surface area contributed by atoms with Crippen molar-refractivity contribution >= 4 is 11.8 Å². The van der Waals surface area contributed by atoms with E-state index in [2.05, 4.69) is 19.2 Å². The van der Waals surface area contributed by atoms with E-state index in [0.717, 1.165) is 38.5 Å². The van der Waals surface area contributed by atoms with Crippen LogP contribution in [0.25, 0.3) is 0 Å². The average molecular weight is 294 g/mol. The quantitative estimate of drug-likeness (QED) is 0.851. The number of piperazine rings is 1. The normalized spacial score (nSPS) is 27.7. The fourth-order valence-corrected chi connectivity index (χ4v) is 3.80. The van der Waals surface area contributed by atoms with E-state index in [9.17, 15) is 9.59 Å². The van der Waals surface area contributed by atoms with Gasteiger partial charge in [0.05, 0.1) is 0 Å². The molecule has 0 radical (unpaired) electrons. The highest BCUT2D eigenvalue weighted by Crippen LogP contribution is 2.38. The predicted octanol–water partition coefficient (Wildman–Crippen LogP) is 2.86. The highest BCUT2D eigenvalue weighted by atomic mass is 16.2. The second-order valence-electron chi connectivity index (χ2n) is 7.87. The first-order valence-corrected chi connectivity index (χ1v) is 8.38. The van der Waals surface area contributed by atoms with Gasteiger partial charge in [0.25, 0.3) is 0 Å². The second kappa shape index (κ2) is 5.62. The summed E-state index contributed by atoms with van der Waals surface area (Å²) in [5.41, 5.74) is -0.875. The molecule has 2 fully saturated rings. The second-order valence-corrected chi connectivity index (χ2v) is 7.87. The van der Waals surface area contributed by atoms with E-state index in [0.29, 0.717) is 0 Å². The van der Waals surface area contributed by atoms with Gasteiger partial charge < -0.3 is 10.2 Å². The van der Waals surface area contributed by atoms with Crippen molar-refractivity contribution in [1.82, 2.24) is 10.2 Å². The summed E-state index contributed by atoms with van der Waals surface area (Å²) in [6.07, 6.45) is 5.68. The molecule has 0 aromatic rings. The van der Waals surface area contributed by atoms with Crippen LogP contribution in [-0.2, 0) is 9.59 Å². The van der Waals surface area contributed by atoms with Gasteiger partial charge in [-0.1, -0.05) is 47.0 Å². The maximum atomic E-state index is 13.2. The van der Waals surface area contributed by atoms with Crippen LogP contribution in [0.5, 0.6) is 0 Å². The first-order valence-electron chi connectivity index (χ1n) is 8.38. The molecule has 1 spiro atoms. The SMILES string of the molecule is CCC(C)N1C(=O)C2(CCCCC2)NC(=O)C1C(C)(C)C. The fourth-order valence-electron chi connectivity index (χ4n) is 3.80. The summed E-state index contributed by atoms with van der Waals surface area (Å²) in [7, 11) is 0. The third kappa shape index (κ3) is 2.82. The summed E-state index contributed by atoms with van der Waals surface area (Å²) < 4.78 is 0. The Hall–Kier alpha value is -1.06. The molecule has 1 N–H and O–H groups in total. The Morgan fingerprint density at radius 3 is 2.29 bits per heavy atom. The highest BCUT2D eigenvalue weighted by Gasteiger charge is 2.54. The number of amides is 2. The van der Waals surface area contributed by atoms with E-state index in [4.69, 9.17) is 0 Å². The van der Waals surface area contributed by atoms with Gasteiger partial charge in [-0.3, -0.25) is 9.59 Å². The number of nitrogens with zero attached hydrogens (tertiary/aromatic N) is 1. The van der Waals surface area contributed by atoms with Crippen molar-refractivity contribution in [3.8, 4) is 0 Å². The van der Waals surface area contributed by atoms with E-state index in [1.54, 1.807) is 0 Å². The van der Waals surface area contributed by atoms with Crippen molar-refractivity contribution in [1.29, 1.82) is 0 Å². The summed E-state index contributed by atoms with van der Waals surface area (Å²) in [5.74, 6) is 0.181. The standard InChI is InChI=1S/C17H30N2O2/c1-6-12(2)19-13(16(3,4)5)14(20)18-17(15(19)21)10-8-7-9-11-17/h12-13H,6-11H2,1-5H3,(H,18,20). The summed E-state index contributed by atoms with van der Waals surface area (Å²) in [4.78, 5) is 27.9. The molecule has 1 heterocycles. The third-order valence-electron chi connectivity index (χ3n) is 5.13. The molecule has 0 aromatic heterocycles. The molecule has 2 rings (SSSR count). The number of carbonyl (C=O) groups is 2. The Morgan fingerprint density at radius 1 is 1.24 bits per heavy atom. The number of rotatable bonds is 2. The van der Waals surface area contributed by atoms with Gasteiger partial charge in [-0.05, 0) is 31.6 Å². The topological polar surface area (TPSA) is 49.4 Å². The van der Waals surface area contributed by atoms with E-state index < -0.39 is 5.54 Å². The number of hydrogen-bond donors (Lipinski definition) is 1. The third-order valence-corrected chi connectivity index (χ3v) is 5.13. The molecule has 1 saturated carbocycles. The van der Waals surface area contributed by atoms with Crippen LogP contribution in [0, 0.1) is 5.41 Å². The number of carbonyl (C=O) groups excluding carboxylic acids is 2. The van der Waals surface area contributed by atoms with Crippen LogP contribution in [-0.4, -0.2) is 34.3 Å². The summed E-state index contributed by atoms with van der Waals surface area (Å²) in [5, 5.41) is 3.12. The zero-order valence-electron chi connectivity index (χ0n) is 14.2. The predicted molar refractivity (Wildman–Crippen MR) is 83.8 cm³/mol. The lowest BCUT2D eigenvalue weighted by Gasteiger charge is -2.52. The lowest BCUT2D eigenvalue weighted by molar-refractivity contribution is -0.164. The van der Waals surface area contributed by atoms with E-state index in [1.165, 1.54) is 0 Å². The van der Waals surface area contributed by atoms with Gasteiger partial charge in [-0.25, -0.2) is 0 Å². The Bertz CT molecular complexity index is 419. The first-order chi connectivity index (χ1) is 9.73. The van der Waals surface area contributed by atoms with Gasteiger partial charge in [0.1, 0.15) is 11.6 Å². The molecular weight excluding hydrogens is 264 g/mol. The molecule has 2 amide bonds. The molecule has 2 unspecified atom stereocenters. The number of hydrogen-bond acceptors (Lipinski definition) is 2. The van der Waals surface area contributed by atoms with Crippen LogP contribution >= 0.6 is 0 Å². The van der Waals surface area contributed by atoms with Gasteiger partial charge in [-0.15, -0.1) is 0 Å². The number of nitrogens with one attached hydrogen (secondary N) is 1. The summed E-state index contributed by atoms with van der Waals surface area (Å²) in [6, 6.07) is -0.265. The molecule has 4 heteroatoms. The lowest BCUT2D eigenvalue weighted by atomic mass is 9.74. The van der Waals surface area contributed by atoms with Crippen molar-refractivity contribution in [2.45, 2.75) is 90.8 Å². The minimum absolute atomic E-state index is 0.0318. The summed E-state index contributed by atoms with van der Waals surface area (Å²) in [6.45, 7) is 10.3. The van der Waals surface area contributed by atoms with Crippen LogP contribution < -0.4 is 5.32 Å². The monoisotopic (exact) mass is 294 g/mol. The molecular formula is C17H30N2O2. The fraction of sp³-hybridized carbons (Fsp3) is 0.882. The van der Waals surface area contributed by atoms with Crippen LogP contribution in [0.4, 0.5) is 0 Å². The Kier molecular flexibility index (Phi) is 4.36. The van der Waals surface area contributed by atoms with E-state index in [-0.39, 0.29) is 29.3 Å². The maximum absolute atomic E-state index is 13.2. The first kappa shape index (κ1) is 16.3. The molecule has 2 atom stereocenters. The largest absolute Gasteiger partial charge is 0.340 e. The van der Waals surface area contributed by atoms with E-state index in [1.807, 2.05) is 25.7 Å². The van der Waals surface area contributed by atoms with Crippen molar-refractivity contribution < 1.29 is 9.59 Å². The Labute approximate surface area is 128 Å². The van der Waals surface area contributed by atoms with Crippen LogP contribution in [0.2, 0.25) is 0 Å². The molecule has 1 aliphatic carbocycles. The van der Waals surface area contributed by atoms with Gasteiger partial charge in [0.15, 0.2) is 0 Å². The van der Waals surface area contributed by atoms with Crippen molar-refractivity contribution in [3.63, 3.8) is 0 Å². The Morgan fingerprint density at radius 2 is 1.81 bits per heavy atom. The minimum Gasteiger partial charge on any atom is -0.340 e. The van der Waals surface area contributed by atoms with Crippen LogP contribution in [0.15, 0.2) is 0 Å². The zero-order chi connectivity index (χ0) is 15.8. The van der Waals surface area contributed by atoms with Gasteiger partial charge >= 0.3 is 0 Å². The lowest BCUT2D eigenvalue weighted by Crippen LogP contribution is -2.74. The average Bonchev–Trinajstić information content (AvgIpc) is 2.41. The van der Waals surface area contributed by atoms with Crippen LogP contribution in [0.3, 0.4) is 0 Å². The molecule has 0 bridgehead atoms. The summed E-state index contributed by atoms with van der Waals surface area (Å²) >= 11 is 0.